The van der Waals surface area contributed by atoms with Gasteiger partial charge in [0, 0.05) is 24.0 Å². The van der Waals surface area contributed by atoms with E-state index in [2.05, 4.69) is 10.3 Å². The van der Waals surface area contributed by atoms with Gasteiger partial charge >= 0.3 is 0 Å². The maximum atomic E-state index is 13.0. The van der Waals surface area contributed by atoms with E-state index in [-0.39, 0.29) is 5.25 Å². The predicted molar refractivity (Wildman–Crippen MR) is 122 cm³/mol. The maximum absolute atomic E-state index is 13.0. The van der Waals surface area contributed by atoms with E-state index in [4.69, 9.17) is 9.72 Å². The van der Waals surface area contributed by atoms with Crippen LogP contribution in [0.2, 0.25) is 0 Å². The van der Waals surface area contributed by atoms with E-state index < -0.39 is 9.84 Å². The molecule has 1 fully saturated rings. The fourth-order valence-corrected chi connectivity index (χ4v) is 6.33. The summed E-state index contributed by atoms with van der Waals surface area (Å²) < 4.78 is 31.4. The molecule has 1 aromatic heterocycles. The zero-order chi connectivity index (χ0) is 21.1. The molecule has 7 heteroatoms. The molecule has 0 aliphatic carbocycles. The van der Waals surface area contributed by atoms with Gasteiger partial charge in [-0.3, -0.25) is 0 Å². The van der Waals surface area contributed by atoms with E-state index >= 15 is 0 Å². The van der Waals surface area contributed by atoms with E-state index in [0.29, 0.717) is 37.4 Å². The smallest absolute Gasteiger partial charge is 0.185 e. The Morgan fingerprint density at radius 1 is 1.07 bits per heavy atom. The van der Waals surface area contributed by atoms with E-state index in [0.717, 1.165) is 27.7 Å². The van der Waals surface area contributed by atoms with Crippen LogP contribution in [0.1, 0.15) is 25.3 Å². The molecule has 0 saturated carbocycles. The Morgan fingerprint density at radius 3 is 2.37 bits per heavy atom. The fraction of sp³-hybridized carbons (Fsp3) is 0.348. The monoisotopic (exact) mass is 442 g/mol. The molecule has 4 rings (SSSR count). The summed E-state index contributed by atoms with van der Waals surface area (Å²) >= 11 is 1.61. The number of piperidine rings is 1. The third-order valence-electron chi connectivity index (χ3n) is 5.45. The minimum absolute atomic E-state index is 0.331. The van der Waals surface area contributed by atoms with Crippen molar-refractivity contribution in [2.24, 2.45) is 0 Å². The molecule has 0 unspecified atom stereocenters. The summed E-state index contributed by atoms with van der Waals surface area (Å²) in [7, 11) is -3.29. The molecule has 1 aliphatic rings. The Bertz CT molecular complexity index is 1080. The second kappa shape index (κ2) is 8.78. The molecular weight excluding hydrogens is 416 g/mol. The van der Waals surface area contributed by atoms with Crippen molar-refractivity contribution in [3.05, 3.63) is 59.5 Å². The van der Waals surface area contributed by atoms with Crippen molar-refractivity contribution in [3.8, 4) is 17.0 Å². The van der Waals surface area contributed by atoms with Crippen LogP contribution in [0, 0.1) is 6.92 Å². The van der Waals surface area contributed by atoms with Gasteiger partial charge in [0.15, 0.2) is 15.0 Å². The molecule has 1 aliphatic heterocycles. The summed E-state index contributed by atoms with van der Waals surface area (Å²) in [5, 5.41) is 2.67. The fourth-order valence-electron chi connectivity index (χ4n) is 3.71. The van der Waals surface area contributed by atoms with Crippen LogP contribution in [0.15, 0.2) is 58.8 Å². The molecule has 0 amide bonds. The van der Waals surface area contributed by atoms with Gasteiger partial charge in [-0.2, -0.15) is 0 Å². The molecular formula is C23H26N2O3S2. The first-order valence-electron chi connectivity index (χ1n) is 10.2. The minimum Gasteiger partial charge on any atom is -0.494 e. The van der Waals surface area contributed by atoms with Crippen LogP contribution < -0.4 is 9.64 Å². The Balaban J connectivity index is 1.41. The van der Waals surface area contributed by atoms with Gasteiger partial charge in [0.05, 0.1) is 22.4 Å². The average Bonchev–Trinajstić information content (AvgIpc) is 3.25. The lowest BCUT2D eigenvalue weighted by Crippen LogP contribution is -2.39. The molecule has 0 N–H and O–H groups in total. The standard InChI is InChI=1S/C23H26N2O3S2/c1-3-28-19-8-6-18(7-9-19)22-16-29-23(24-22)25-14-12-21(13-15-25)30(26,27)20-10-4-17(2)5-11-20/h4-11,16,21H,3,12-15H2,1-2H3. The molecule has 0 atom stereocenters. The minimum atomic E-state index is -3.29. The second-order valence-corrected chi connectivity index (χ2v) is 10.6. The number of hydrogen-bond donors (Lipinski definition) is 0. The maximum Gasteiger partial charge on any atom is 0.185 e. The van der Waals surface area contributed by atoms with E-state index in [9.17, 15) is 8.42 Å². The van der Waals surface area contributed by atoms with Crippen molar-refractivity contribution in [3.63, 3.8) is 0 Å². The van der Waals surface area contributed by atoms with E-state index in [1.807, 2.05) is 50.2 Å². The first-order chi connectivity index (χ1) is 14.5. The Morgan fingerprint density at radius 2 is 1.73 bits per heavy atom. The van der Waals surface area contributed by atoms with Crippen LogP contribution in [-0.2, 0) is 9.84 Å². The molecule has 30 heavy (non-hydrogen) atoms. The second-order valence-electron chi connectivity index (χ2n) is 7.52. The topological polar surface area (TPSA) is 59.5 Å². The van der Waals surface area contributed by atoms with Crippen LogP contribution in [0.4, 0.5) is 5.13 Å². The number of ether oxygens (including phenoxy) is 1. The number of aryl methyl sites for hydroxylation is 1. The lowest BCUT2D eigenvalue weighted by atomic mass is 10.1. The van der Waals surface area contributed by atoms with Crippen molar-refractivity contribution in [2.75, 3.05) is 24.6 Å². The lowest BCUT2D eigenvalue weighted by molar-refractivity contribution is 0.340. The largest absolute Gasteiger partial charge is 0.494 e. The Kier molecular flexibility index (Phi) is 6.11. The van der Waals surface area contributed by atoms with E-state index in [1.54, 1.807) is 23.5 Å². The summed E-state index contributed by atoms with van der Waals surface area (Å²) in [6.07, 6.45) is 1.24. The van der Waals surface area contributed by atoms with Crippen molar-refractivity contribution in [2.45, 2.75) is 36.8 Å². The van der Waals surface area contributed by atoms with Gasteiger partial charge in [0.2, 0.25) is 0 Å². The van der Waals surface area contributed by atoms with Gasteiger partial charge in [-0.15, -0.1) is 11.3 Å². The highest BCUT2D eigenvalue weighted by molar-refractivity contribution is 7.92. The number of sulfone groups is 1. The molecule has 0 radical (unpaired) electrons. The van der Waals surface area contributed by atoms with Gasteiger partial charge in [-0.1, -0.05) is 17.7 Å². The van der Waals surface area contributed by atoms with Gasteiger partial charge < -0.3 is 9.64 Å². The quantitative estimate of drug-likeness (QED) is 0.540. The lowest BCUT2D eigenvalue weighted by Gasteiger charge is -2.31. The van der Waals surface area contributed by atoms with Crippen molar-refractivity contribution in [1.29, 1.82) is 0 Å². The normalized spacial score (nSPS) is 15.3. The molecule has 1 saturated heterocycles. The van der Waals surface area contributed by atoms with Gasteiger partial charge in [0.25, 0.3) is 0 Å². The molecule has 158 valence electrons. The molecule has 5 nitrogen and oxygen atoms in total. The van der Waals surface area contributed by atoms with Gasteiger partial charge in [0.1, 0.15) is 5.75 Å². The highest BCUT2D eigenvalue weighted by Crippen LogP contribution is 2.32. The molecule has 0 bridgehead atoms. The van der Waals surface area contributed by atoms with Crippen molar-refractivity contribution < 1.29 is 13.2 Å². The summed E-state index contributed by atoms with van der Waals surface area (Å²) in [5.41, 5.74) is 3.06. The molecule has 2 aromatic carbocycles. The Hall–Kier alpha value is -2.38. The first-order valence-corrected chi connectivity index (χ1v) is 12.6. The predicted octanol–water partition coefficient (Wildman–Crippen LogP) is 4.96. The van der Waals surface area contributed by atoms with Crippen LogP contribution in [0.3, 0.4) is 0 Å². The van der Waals surface area contributed by atoms with E-state index in [1.165, 1.54) is 0 Å². The van der Waals surface area contributed by atoms with Crippen molar-refractivity contribution >= 4 is 26.3 Å². The summed E-state index contributed by atoms with van der Waals surface area (Å²) in [6.45, 7) is 5.98. The average molecular weight is 443 g/mol. The zero-order valence-electron chi connectivity index (χ0n) is 17.2. The molecule has 3 aromatic rings. The number of anilines is 1. The highest BCUT2D eigenvalue weighted by atomic mass is 32.2. The third kappa shape index (κ3) is 4.37. The number of rotatable bonds is 6. The zero-order valence-corrected chi connectivity index (χ0v) is 18.9. The number of benzene rings is 2. The van der Waals surface area contributed by atoms with Crippen LogP contribution in [-0.4, -0.2) is 38.3 Å². The summed E-state index contributed by atoms with van der Waals surface area (Å²) in [6, 6.07) is 15.1. The SMILES string of the molecule is CCOc1ccc(-c2csc(N3CCC(S(=O)(=O)c4ccc(C)cc4)CC3)n2)cc1. The molecule has 2 heterocycles. The first kappa shape index (κ1) is 20.9. The number of aromatic nitrogens is 1. The van der Waals surface area contributed by atoms with Crippen LogP contribution >= 0.6 is 11.3 Å². The van der Waals surface area contributed by atoms with Gasteiger partial charge in [-0.25, -0.2) is 13.4 Å². The van der Waals surface area contributed by atoms with Gasteiger partial charge in [-0.05, 0) is 63.1 Å². The number of thiazole rings is 1. The summed E-state index contributed by atoms with van der Waals surface area (Å²) in [5.74, 6) is 0.855. The molecule has 0 spiro atoms. The third-order valence-corrected chi connectivity index (χ3v) is 8.63. The van der Waals surface area contributed by atoms with Crippen molar-refractivity contribution in [1.82, 2.24) is 4.98 Å². The number of hydrogen-bond acceptors (Lipinski definition) is 6. The number of nitrogens with zero attached hydrogens (tertiary/aromatic N) is 2. The van der Waals surface area contributed by atoms with Crippen LogP contribution in [0.25, 0.3) is 11.3 Å². The van der Waals surface area contributed by atoms with Crippen LogP contribution in [0.5, 0.6) is 5.75 Å². The Labute approximate surface area is 182 Å². The summed E-state index contributed by atoms with van der Waals surface area (Å²) in [4.78, 5) is 7.42. The highest BCUT2D eigenvalue weighted by Gasteiger charge is 2.32.